The van der Waals surface area contributed by atoms with Crippen LogP contribution in [0.25, 0.3) is 0 Å². The van der Waals surface area contributed by atoms with Gasteiger partial charge in [-0.05, 0) is 31.0 Å². The first-order valence-electron chi connectivity index (χ1n) is 6.26. The number of nitrogens with zero attached hydrogens (tertiary/aromatic N) is 1. The predicted molar refractivity (Wildman–Crippen MR) is 70.0 cm³/mol. The van der Waals surface area contributed by atoms with Gasteiger partial charge in [0, 0.05) is 25.7 Å². The van der Waals surface area contributed by atoms with Gasteiger partial charge in [-0.1, -0.05) is 24.3 Å². The fraction of sp³-hybridized carbons (Fsp3) is 0.571. The highest BCUT2D eigenvalue weighted by Crippen LogP contribution is 2.30. The van der Waals surface area contributed by atoms with Crippen molar-refractivity contribution in [1.29, 1.82) is 0 Å². The molecule has 1 aliphatic carbocycles. The summed E-state index contributed by atoms with van der Waals surface area (Å²) in [6.45, 7) is 1.71. The van der Waals surface area contributed by atoms with Crippen molar-refractivity contribution in [1.82, 2.24) is 4.90 Å². The van der Waals surface area contributed by atoms with Gasteiger partial charge >= 0.3 is 0 Å². The van der Waals surface area contributed by atoms with Gasteiger partial charge < -0.3 is 10.5 Å². The minimum atomic E-state index is 0.127. The molecule has 0 radical (unpaired) electrons. The molecule has 0 spiro atoms. The first-order chi connectivity index (χ1) is 8.24. The number of likely N-dealkylation sites (N-methyl/N-ethyl adjacent to an activating group) is 1. The van der Waals surface area contributed by atoms with Crippen LogP contribution in [0.5, 0.6) is 0 Å². The maximum Gasteiger partial charge on any atom is 0.0589 e. The van der Waals surface area contributed by atoms with E-state index in [1.807, 2.05) is 0 Å². The quantitative estimate of drug-likeness (QED) is 0.859. The van der Waals surface area contributed by atoms with Crippen LogP contribution in [-0.4, -0.2) is 38.3 Å². The molecule has 94 valence electrons. The number of aryl methyl sites for hydroxylation is 1. The summed E-state index contributed by atoms with van der Waals surface area (Å²) in [6, 6.07) is 9.09. The van der Waals surface area contributed by atoms with Crippen molar-refractivity contribution in [2.75, 3.05) is 27.3 Å². The Morgan fingerprint density at radius 3 is 2.94 bits per heavy atom. The summed E-state index contributed by atoms with van der Waals surface area (Å²) in [5.41, 5.74) is 9.11. The first kappa shape index (κ1) is 12.6. The highest BCUT2D eigenvalue weighted by Gasteiger charge is 2.28. The lowest BCUT2D eigenvalue weighted by Crippen LogP contribution is -2.44. The second-order valence-corrected chi connectivity index (χ2v) is 4.80. The van der Waals surface area contributed by atoms with Gasteiger partial charge in [0.2, 0.25) is 0 Å². The first-order valence-corrected chi connectivity index (χ1v) is 6.26. The smallest absolute Gasteiger partial charge is 0.0589 e. The minimum Gasteiger partial charge on any atom is -0.383 e. The Labute approximate surface area is 104 Å². The van der Waals surface area contributed by atoms with Crippen molar-refractivity contribution in [2.45, 2.75) is 24.9 Å². The van der Waals surface area contributed by atoms with Crippen molar-refractivity contribution in [3.05, 3.63) is 35.4 Å². The zero-order valence-corrected chi connectivity index (χ0v) is 10.7. The number of nitrogens with two attached hydrogens (primary N) is 1. The van der Waals surface area contributed by atoms with E-state index in [-0.39, 0.29) is 6.04 Å². The highest BCUT2D eigenvalue weighted by molar-refractivity contribution is 5.33. The lowest BCUT2D eigenvalue weighted by molar-refractivity contribution is 0.122. The zero-order chi connectivity index (χ0) is 12.3. The number of methoxy groups -OCH3 is 1. The van der Waals surface area contributed by atoms with Crippen LogP contribution in [0, 0.1) is 0 Å². The van der Waals surface area contributed by atoms with Crippen LogP contribution in [0.2, 0.25) is 0 Å². The van der Waals surface area contributed by atoms with Gasteiger partial charge in [0.15, 0.2) is 0 Å². The Morgan fingerprint density at radius 1 is 1.41 bits per heavy atom. The average molecular weight is 234 g/mol. The Kier molecular flexibility index (Phi) is 4.15. The maximum absolute atomic E-state index is 6.38. The summed E-state index contributed by atoms with van der Waals surface area (Å²) in [5, 5.41) is 0. The molecule has 1 aromatic rings. The normalized spacial score (nSPS) is 23.8. The van der Waals surface area contributed by atoms with E-state index in [4.69, 9.17) is 10.5 Å². The van der Waals surface area contributed by atoms with Crippen molar-refractivity contribution in [3.63, 3.8) is 0 Å². The third-order valence-corrected chi connectivity index (χ3v) is 3.75. The molecule has 2 rings (SSSR count). The molecule has 0 saturated carbocycles. The van der Waals surface area contributed by atoms with E-state index in [9.17, 15) is 0 Å². The summed E-state index contributed by atoms with van der Waals surface area (Å²) in [4.78, 5) is 2.32. The van der Waals surface area contributed by atoms with E-state index < -0.39 is 0 Å². The SMILES string of the molecule is COCCN(C)C1CCc2ccccc2C1N. The molecule has 2 unspecified atom stereocenters. The maximum atomic E-state index is 6.38. The lowest BCUT2D eigenvalue weighted by atomic mass is 9.84. The fourth-order valence-corrected chi connectivity index (χ4v) is 2.67. The molecule has 2 atom stereocenters. The van der Waals surface area contributed by atoms with Crippen LogP contribution < -0.4 is 5.73 Å². The van der Waals surface area contributed by atoms with Crippen LogP contribution in [0.1, 0.15) is 23.6 Å². The van der Waals surface area contributed by atoms with Crippen molar-refractivity contribution < 1.29 is 4.74 Å². The van der Waals surface area contributed by atoms with Crippen LogP contribution in [0.4, 0.5) is 0 Å². The van der Waals surface area contributed by atoms with Crippen molar-refractivity contribution in [2.24, 2.45) is 5.73 Å². The third-order valence-electron chi connectivity index (χ3n) is 3.75. The number of benzene rings is 1. The monoisotopic (exact) mass is 234 g/mol. The minimum absolute atomic E-state index is 0.127. The van der Waals surface area contributed by atoms with Crippen LogP contribution in [0.3, 0.4) is 0 Å². The molecule has 0 aliphatic heterocycles. The van der Waals surface area contributed by atoms with Gasteiger partial charge in [-0.2, -0.15) is 0 Å². The molecule has 0 heterocycles. The Hall–Kier alpha value is -0.900. The lowest BCUT2D eigenvalue weighted by Gasteiger charge is -2.37. The van der Waals surface area contributed by atoms with Crippen molar-refractivity contribution in [3.8, 4) is 0 Å². The zero-order valence-electron chi connectivity index (χ0n) is 10.7. The molecule has 3 heteroatoms. The molecule has 2 N–H and O–H groups in total. The number of fused-ring (bicyclic) bond motifs is 1. The molecule has 3 nitrogen and oxygen atoms in total. The molecular weight excluding hydrogens is 212 g/mol. The molecule has 0 bridgehead atoms. The number of hydrogen-bond acceptors (Lipinski definition) is 3. The Balaban J connectivity index is 2.08. The van der Waals surface area contributed by atoms with Gasteiger partial charge in [-0.15, -0.1) is 0 Å². The molecule has 1 aromatic carbocycles. The number of rotatable bonds is 4. The van der Waals surface area contributed by atoms with E-state index in [0.29, 0.717) is 6.04 Å². The fourth-order valence-electron chi connectivity index (χ4n) is 2.67. The number of ether oxygens (including phenoxy) is 1. The van der Waals surface area contributed by atoms with Crippen molar-refractivity contribution >= 4 is 0 Å². The second-order valence-electron chi connectivity index (χ2n) is 4.80. The number of hydrogen-bond donors (Lipinski definition) is 1. The van der Waals surface area contributed by atoms with Crippen LogP contribution >= 0.6 is 0 Å². The largest absolute Gasteiger partial charge is 0.383 e. The van der Waals surface area contributed by atoms with Gasteiger partial charge in [-0.25, -0.2) is 0 Å². The van der Waals surface area contributed by atoms with Gasteiger partial charge in [-0.3, -0.25) is 4.90 Å². The van der Waals surface area contributed by atoms with E-state index in [0.717, 1.165) is 26.0 Å². The van der Waals surface area contributed by atoms with Gasteiger partial charge in [0.05, 0.1) is 6.61 Å². The highest BCUT2D eigenvalue weighted by atomic mass is 16.5. The van der Waals surface area contributed by atoms with Gasteiger partial charge in [0.25, 0.3) is 0 Å². The van der Waals surface area contributed by atoms with Crippen LogP contribution in [-0.2, 0) is 11.2 Å². The van der Waals surface area contributed by atoms with E-state index in [2.05, 4.69) is 36.2 Å². The predicted octanol–water partition coefficient (Wildman–Crippen LogP) is 1.58. The second kappa shape index (κ2) is 5.63. The Bertz CT molecular complexity index is 367. The molecule has 0 aromatic heterocycles. The molecule has 0 amide bonds. The molecule has 0 fully saturated rings. The summed E-state index contributed by atoms with van der Waals surface area (Å²) < 4.78 is 5.13. The summed E-state index contributed by atoms with van der Waals surface area (Å²) in [6.07, 6.45) is 2.27. The Morgan fingerprint density at radius 2 is 2.18 bits per heavy atom. The molecule has 1 aliphatic rings. The summed E-state index contributed by atoms with van der Waals surface area (Å²) in [7, 11) is 3.88. The van der Waals surface area contributed by atoms with E-state index >= 15 is 0 Å². The molecular formula is C14H22N2O. The third kappa shape index (κ3) is 2.68. The van der Waals surface area contributed by atoms with E-state index in [1.54, 1.807) is 7.11 Å². The van der Waals surface area contributed by atoms with Gasteiger partial charge in [0.1, 0.15) is 0 Å². The van der Waals surface area contributed by atoms with Crippen LogP contribution in [0.15, 0.2) is 24.3 Å². The molecule has 17 heavy (non-hydrogen) atoms. The summed E-state index contributed by atoms with van der Waals surface area (Å²) >= 11 is 0. The molecule has 0 saturated heterocycles. The standard InChI is InChI=1S/C14H22N2O/c1-16(9-10-17-2)13-8-7-11-5-3-4-6-12(11)14(13)15/h3-6,13-14H,7-10,15H2,1-2H3. The average Bonchev–Trinajstić information content (AvgIpc) is 2.37. The van der Waals surface area contributed by atoms with E-state index in [1.165, 1.54) is 11.1 Å². The topological polar surface area (TPSA) is 38.5 Å². The summed E-state index contributed by atoms with van der Waals surface area (Å²) in [5.74, 6) is 0.